The van der Waals surface area contributed by atoms with Crippen molar-refractivity contribution in [3.63, 3.8) is 0 Å². The van der Waals surface area contributed by atoms with E-state index in [1.165, 1.54) is 29.8 Å². The number of carbonyl (C=O) groups is 1. The van der Waals surface area contributed by atoms with Crippen LogP contribution in [0.3, 0.4) is 0 Å². The first-order valence-corrected chi connectivity index (χ1v) is 10.8. The van der Waals surface area contributed by atoms with Gasteiger partial charge < -0.3 is 16.4 Å². The zero-order chi connectivity index (χ0) is 21.5. The third-order valence-electron chi connectivity index (χ3n) is 5.84. The van der Waals surface area contributed by atoms with Gasteiger partial charge in [-0.1, -0.05) is 12.1 Å². The minimum Gasteiger partial charge on any atom is -0.379 e. The van der Waals surface area contributed by atoms with Gasteiger partial charge in [0.2, 0.25) is 0 Å². The van der Waals surface area contributed by atoms with E-state index in [0.717, 1.165) is 43.4 Å². The molecule has 1 aliphatic carbocycles. The first-order chi connectivity index (χ1) is 14.5. The van der Waals surface area contributed by atoms with E-state index in [-0.39, 0.29) is 5.84 Å². The molecule has 4 N–H and O–H groups in total. The first-order valence-electron chi connectivity index (χ1n) is 10.8. The fourth-order valence-electron chi connectivity index (χ4n) is 4.51. The second-order valence-corrected chi connectivity index (χ2v) is 8.33. The summed E-state index contributed by atoms with van der Waals surface area (Å²) in [7, 11) is 0. The number of nitrogens with one attached hydrogen (secondary N) is 2. The lowest BCUT2D eigenvalue weighted by molar-refractivity contribution is -0.110. The molecule has 0 saturated carbocycles. The van der Waals surface area contributed by atoms with Crippen molar-refractivity contribution in [2.45, 2.75) is 70.4 Å². The number of nitrogens with zero attached hydrogens (tertiary/aromatic N) is 2. The molecule has 0 bridgehead atoms. The van der Waals surface area contributed by atoms with Crippen molar-refractivity contribution in [3.05, 3.63) is 47.7 Å². The fourth-order valence-corrected chi connectivity index (χ4v) is 4.51. The molecule has 1 aromatic rings. The molecule has 2 atom stereocenters. The predicted octanol–water partition coefficient (Wildman–Crippen LogP) is 4.22. The summed E-state index contributed by atoms with van der Waals surface area (Å²) >= 11 is 0. The molecule has 1 amide bonds. The van der Waals surface area contributed by atoms with E-state index >= 15 is 0 Å². The Morgan fingerprint density at radius 2 is 2.07 bits per heavy atom. The second-order valence-electron chi connectivity index (χ2n) is 8.33. The van der Waals surface area contributed by atoms with Gasteiger partial charge in [-0.3, -0.25) is 4.79 Å². The Labute approximate surface area is 178 Å². The number of aliphatic imine (C=N–C) groups is 1. The van der Waals surface area contributed by atoms with Crippen molar-refractivity contribution < 1.29 is 4.79 Å². The third-order valence-corrected chi connectivity index (χ3v) is 5.84. The summed E-state index contributed by atoms with van der Waals surface area (Å²) in [5, 5.41) is 15.1. The van der Waals surface area contributed by atoms with Gasteiger partial charge in [-0.2, -0.15) is 5.26 Å². The van der Waals surface area contributed by atoms with E-state index in [2.05, 4.69) is 47.7 Å². The van der Waals surface area contributed by atoms with Gasteiger partial charge in [0.15, 0.2) is 5.84 Å². The van der Waals surface area contributed by atoms with Crippen molar-refractivity contribution >= 4 is 23.0 Å². The lowest BCUT2D eigenvalue weighted by Gasteiger charge is -2.33. The third kappa shape index (κ3) is 5.58. The molecule has 1 aromatic carbocycles. The van der Waals surface area contributed by atoms with Crippen LogP contribution in [0.5, 0.6) is 0 Å². The van der Waals surface area contributed by atoms with Crippen LogP contribution in [0.4, 0.5) is 5.69 Å². The van der Waals surface area contributed by atoms with Crippen molar-refractivity contribution in [1.29, 1.82) is 5.26 Å². The van der Waals surface area contributed by atoms with Crippen LogP contribution in [-0.2, 0) is 4.79 Å². The molecule has 158 valence electrons. The monoisotopic (exact) mass is 405 g/mol. The highest BCUT2D eigenvalue weighted by Crippen LogP contribution is 2.37. The summed E-state index contributed by atoms with van der Waals surface area (Å²) in [5.41, 5.74) is 10.2. The number of hydrogen-bond donors (Lipinski definition) is 3. The van der Waals surface area contributed by atoms with Crippen molar-refractivity contribution in [3.8, 4) is 6.07 Å². The number of piperidine rings is 1. The highest BCUT2D eigenvalue weighted by molar-refractivity contribution is 6.41. The molecule has 2 unspecified atom stereocenters. The zero-order valence-corrected chi connectivity index (χ0v) is 17.8. The minimum atomic E-state index is -0.466. The Kier molecular flexibility index (Phi) is 7.42. The van der Waals surface area contributed by atoms with Crippen LogP contribution in [0.15, 0.2) is 41.5 Å². The Bertz CT molecular complexity index is 899. The average Bonchev–Trinajstić information content (AvgIpc) is 2.74. The standard InChI is InChI=1S/C24H31N5O/c1-16-13-20(14-17(2)28-16)19-9-10-22(21(15-19)18-7-4-3-5-8-18)29-24(30)23(26)27-12-6-11-25/h6-7,9-10,12,15-17,20,28H,3-5,8,13-14H2,1-2H3,(H2,26,27)(H,29,30)/b12-6+. The van der Waals surface area contributed by atoms with Crippen LogP contribution in [0, 0.1) is 11.3 Å². The number of rotatable bonds is 4. The van der Waals surface area contributed by atoms with Crippen LogP contribution in [0.1, 0.15) is 69.4 Å². The van der Waals surface area contributed by atoms with Gasteiger partial charge in [0.05, 0.1) is 6.07 Å². The van der Waals surface area contributed by atoms with Gasteiger partial charge in [0.1, 0.15) is 0 Å². The number of amidine groups is 1. The predicted molar refractivity (Wildman–Crippen MR) is 122 cm³/mol. The molecule has 0 radical (unpaired) electrons. The van der Waals surface area contributed by atoms with Crippen molar-refractivity contribution in [1.82, 2.24) is 5.32 Å². The molecule has 30 heavy (non-hydrogen) atoms. The minimum absolute atomic E-state index is 0.171. The number of nitriles is 1. The molecule has 3 rings (SSSR count). The highest BCUT2D eigenvalue weighted by atomic mass is 16.2. The maximum atomic E-state index is 12.5. The topological polar surface area (TPSA) is 103 Å². The van der Waals surface area contributed by atoms with Crippen LogP contribution >= 0.6 is 0 Å². The Morgan fingerprint density at radius 1 is 1.30 bits per heavy atom. The van der Waals surface area contributed by atoms with Crippen LogP contribution in [0.25, 0.3) is 5.57 Å². The molecule has 1 aliphatic heterocycles. The largest absolute Gasteiger partial charge is 0.379 e. The molecular formula is C24H31N5O. The number of anilines is 1. The molecular weight excluding hydrogens is 374 g/mol. The lowest BCUT2D eigenvalue weighted by atomic mass is 9.82. The molecule has 0 aromatic heterocycles. The summed E-state index contributed by atoms with van der Waals surface area (Å²) in [6.45, 7) is 4.48. The Balaban J connectivity index is 1.90. The van der Waals surface area contributed by atoms with E-state index in [1.54, 1.807) is 0 Å². The van der Waals surface area contributed by atoms with Crippen LogP contribution in [-0.4, -0.2) is 23.8 Å². The van der Waals surface area contributed by atoms with E-state index < -0.39 is 5.91 Å². The Morgan fingerprint density at radius 3 is 2.73 bits per heavy atom. The van der Waals surface area contributed by atoms with E-state index in [0.29, 0.717) is 18.0 Å². The summed E-state index contributed by atoms with van der Waals surface area (Å²) in [5.74, 6) is -0.131. The van der Waals surface area contributed by atoms with Gasteiger partial charge in [-0.15, -0.1) is 0 Å². The van der Waals surface area contributed by atoms with Crippen LogP contribution in [0.2, 0.25) is 0 Å². The normalized spacial score (nSPS) is 24.9. The zero-order valence-electron chi connectivity index (χ0n) is 17.8. The number of nitrogens with two attached hydrogens (primary N) is 1. The molecule has 2 aliphatic rings. The number of hydrogen-bond acceptors (Lipinski definition) is 4. The molecule has 1 saturated heterocycles. The van der Waals surface area contributed by atoms with Gasteiger partial charge in [0, 0.05) is 35.6 Å². The van der Waals surface area contributed by atoms with Gasteiger partial charge >= 0.3 is 0 Å². The maximum Gasteiger partial charge on any atom is 0.290 e. The molecule has 6 heteroatoms. The highest BCUT2D eigenvalue weighted by Gasteiger charge is 2.25. The molecule has 0 spiro atoms. The number of allylic oxidation sites excluding steroid dienone is 3. The second kappa shape index (κ2) is 10.2. The van der Waals surface area contributed by atoms with E-state index in [4.69, 9.17) is 11.0 Å². The van der Waals surface area contributed by atoms with E-state index in [1.807, 2.05) is 12.1 Å². The molecule has 6 nitrogen and oxygen atoms in total. The van der Waals surface area contributed by atoms with E-state index in [9.17, 15) is 4.79 Å². The summed E-state index contributed by atoms with van der Waals surface area (Å²) in [6, 6.07) is 9.18. The molecule has 1 fully saturated rings. The number of benzene rings is 1. The maximum absolute atomic E-state index is 12.5. The van der Waals surface area contributed by atoms with Crippen molar-refractivity contribution in [2.75, 3.05) is 5.32 Å². The van der Waals surface area contributed by atoms with Crippen LogP contribution < -0.4 is 16.4 Å². The fraction of sp³-hybridized carbons (Fsp3) is 0.458. The smallest absolute Gasteiger partial charge is 0.290 e. The summed E-state index contributed by atoms with van der Waals surface area (Å²) in [6.07, 6.45) is 11.4. The molecule has 1 heterocycles. The van der Waals surface area contributed by atoms with Crippen molar-refractivity contribution in [2.24, 2.45) is 10.7 Å². The SMILES string of the molecule is CC1CC(c2ccc(NC(=O)C(N)=N/C=C/C#N)c(C3=CCCCC3)c2)CC(C)N1. The van der Waals surface area contributed by atoms with Gasteiger partial charge in [-0.25, -0.2) is 4.99 Å². The quantitative estimate of drug-likeness (QED) is 0.396. The number of carbonyl (C=O) groups excluding carboxylic acids is 1. The number of amides is 1. The Hall–Kier alpha value is -2.91. The van der Waals surface area contributed by atoms with Gasteiger partial charge in [0.25, 0.3) is 5.91 Å². The summed E-state index contributed by atoms with van der Waals surface area (Å²) in [4.78, 5) is 16.3. The van der Waals surface area contributed by atoms with Gasteiger partial charge in [-0.05, 0) is 81.6 Å². The summed E-state index contributed by atoms with van der Waals surface area (Å²) < 4.78 is 0. The average molecular weight is 406 g/mol. The first kappa shape index (κ1) is 21.8. The lowest BCUT2D eigenvalue weighted by Crippen LogP contribution is -2.41.